The molecule has 1 unspecified atom stereocenters. The Labute approximate surface area is 126 Å². The van der Waals surface area contributed by atoms with Crippen LogP contribution in [0.15, 0.2) is 42.5 Å². The first kappa shape index (κ1) is 14.3. The van der Waals surface area contributed by atoms with Crippen molar-refractivity contribution < 1.29 is 4.39 Å². The molecule has 0 radical (unpaired) electrons. The second kappa shape index (κ2) is 5.98. The van der Waals surface area contributed by atoms with Gasteiger partial charge in [-0.15, -0.1) is 0 Å². The van der Waals surface area contributed by atoms with E-state index < -0.39 is 0 Å². The van der Waals surface area contributed by atoms with Crippen LogP contribution >= 0.6 is 0 Å². The summed E-state index contributed by atoms with van der Waals surface area (Å²) < 4.78 is 13.8. The van der Waals surface area contributed by atoms with E-state index >= 15 is 0 Å². The fourth-order valence-corrected chi connectivity index (χ4v) is 3.05. The number of benzene rings is 2. The molecule has 1 aliphatic carbocycles. The predicted octanol–water partition coefficient (Wildman–Crippen LogP) is 4.71. The Balaban J connectivity index is 1.93. The van der Waals surface area contributed by atoms with Crippen LogP contribution in [0.1, 0.15) is 53.5 Å². The van der Waals surface area contributed by atoms with E-state index in [-0.39, 0.29) is 11.9 Å². The highest BCUT2D eigenvalue weighted by Crippen LogP contribution is 2.37. The molecule has 0 bridgehead atoms. The molecule has 1 fully saturated rings. The van der Waals surface area contributed by atoms with Crippen molar-refractivity contribution in [2.75, 3.05) is 7.05 Å². The van der Waals surface area contributed by atoms with Crippen LogP contribution in [0.2, 0.25) is 0 Å². The number of aryl methyl sites for hydroxylation is 1. The molecule has 1 atom stereocenters. The molecule has 1 saturated carbocycles. The summed E-state index contributed by atoms with van der Waals surface area (Å²) in [5, 5.41) is 3.32. The first-order valence-electron chi connectivity index (χ1n) is 7.72. The molecule has 1 N–H and O–H groups in total. The molecule has 2 aromatic carbocycles. The van der Waals surface area contributed by atoms with E-state index in [9.17, 15) is 4.39 Å². The minimum Gasteiger partial charge on any atom is -0.309 e. The third-order valence-electron chi connectivity index (χ3n) is 4.64. The number of nitrogens with one attached hydrogen (secondary N) is 1. The van der Waals surface area contributed by atoms with Crippen molar-refractivity contribution in [1.82, 2.24) is 5.32 Å². The van der Waals surface area contributed by atoms with E-state index in [1.807, 2.05) is 19.2 Å². The van der Waals surface area contributed by atoms with E-state index in [0.717, 1.165) is 11.5 Å². The molecular formula is C19H22FN. The second-order valence-corrected chi connectivity index (χ2v) is 6.03. The molecule has 110 valence electrons. The summed E-state index contributed by atoms with van der Waals surface area (Å²) in [6, 6.07) is 14.3. The highest BCUT2D eigenvalue weighted by molar-refractivity contribution is 5.37. The van der Waals surface area contributed by atoms with Gasteiger partial charge in [0.2, 0.25) is 0 Å². The smallest absolute Gasteiger partial charge is 0.126 e. The van der Waals surface area contributed by atoms with E-state index in [1.165, 1.54) is 30.4 Å². The molecule has 3 rings (SSSR count). The van der Waals surface area contributed by atoms with E-state index in [2.05, 4.69) is 29.6 Å². The monoisotopic (exact) mass is 283 g/mol. The lowest BCUT2D eigenvalue weighted by molar-refractivity contribution is 0.419. The van der Waals surface area contributed by atoms with Gasteiger partial charge in [0.1, 0.15) is 5.82 Å². The zero-order valence-electron chi connectivity index (χ0n) is 12.7. The molecule has 0 spiro atoms. The fourth-order valence-electron chi connectivity index (χ4n) is 3.05. The summed E-state index contributed by atoms with van der Waals surface area (Å²) in [7, 11) is 1.93. The molecule has 1 nitrogen and oxygen atoms in total. The summed E-state index contributed by atoms with van der Waals surface area (Å²) in [6.45, 7) is 1.80. The maximum Gasteiger partial charge on any atom is 0.126 e. The lowest BCUT2D eigenvalue weighted by atomic mass is 9.79. The lowest BCUT2D eigenvalue weighted by Gasteiger charge is -2.27. The molecule has 21 heavy (non-hydrogen) atoms. The van der Waals surface area contributed by atoms with Crippen LogP contribution in [0.25, 0.3) is 0 Å². The second-order valence-electron chi connectivity index (χ2n) is 6.03. The van der Waals surface area contributed by atoms with Gasteiger partial charge in [-0.3, -0.25) is 0 Å². The summed E-state index contributed by atoms with van der Waals surface area (Å²) >= 11 is 0. The van der Waals surface area contributed by atoms with Crippen LogP contribution in [0, 0.1) is 12.7 Å². The predicted molar refractivity (Wildman–Crippen MR) is 85.1 cm³/mol. The van der Waals surface area contributed by atoms with Gasteiger partial charge in [0, 0.05) is 0 Å². The van der Waals surface area contributed by atoms with Crippen molar-refractivity contribution >= 4 is 0 Å². The van der Waals surface area contributed by atoms with E-state index in [0.29, 0.717) is 5.56 Å². The molecule has 0 amide bonds. The van der Waals surface area contributed by atoms with Crippen LogP contribution in [-0.4, -0.2) is 7.05 Å². The Morgan fingerprint density at radius 3 is 2.48 bits per heavy atom. The van der Waals surface area contributed by atoms with Crippen molar-refractivity contribution in [2.45, 2.75) is 38.1 Å². The molecule has 2 aromatic rings. The number of rotatable bonds is 4. The fraction of sp³-hybridized carbons (Fsp3) is 0.368. The third kappa shape index (κ3) is 2.86. The van der Waals surface area contributed by atoms with E-state index in [1.54, 1.807) is 13.0 Å². The third-order valence-corrected chi connectivity index (χ3v) is 4.64. The van der Waals surface area contributed by atoms with Gasteiger partial charge in [-0.05, 0) is 61.1 Å². The van der Waals surface area contributed by atoms with Gasteiger partial charge in [0.05, 0.1) is 6.04 Å². The SMILES string of the molecule is CNC(c1cccc(C2CCC2)c1)c1ccc(C)c(F)c1. The average molecular weight is 283 g/mol. The first-order chi connectivity index (χ1) is 10.2. The molecule has 0 saturated heterocycles. The van der Waals surface area contributed by atoms with Crippen molar-refractivity contribution in [3.8, 4) is 0 Å². The van der Waals surface area contributed by atoms with Crippen LogP contribution in [0.4, 0.5) is 4.39 Å². The van der Waals surface area contributed by atoms with Crippen molar-refractivity contribution in [3.05, 3.63) is 70.5 Å². The summed E-state index contributed by atoms with van der Waals surface area (Å²) in [5.74, 6) is 0.583. The average Bonchev–Trinajstić information content (AvgIpc) is 2.42. The molecule has 1 aliphatic rings. The van der Waals surface area contributed by atoms with Gasteiger partial charge in [0.25, 0.3) is 0 Å². The summed E-state index contributed by atoms with van der Waals surface area (Å²) in [4.78, 5) is 0. The Hall–Kier alpha value is -1.67. The van der Waals surface area contributed by atoms with Gasteiger partial charge in [-0.1, -0.05) is 42.8 Å². The molecule has 2 heteroatoms. The highest BCUT2D eigenvalue weighted by atomic mass is 19.1. The minimum absolute atomic E-state index is 0.0418. The number of hydrogen-bond donors (Lipinski definition) is 1. The molecule has 0 aliphatic heterocycles. The van der Waals surface area contributed by atoms with Crippen LogP contribution in [0.5, 0.6) is 0 Å². The lowest BCUT2D eigenvalue weighted by Crippen LogP contribution is -2.18. The molecule has 0 aromatic heterocycles. The van der Waals surface area contributed by atoms with Crippen molar-refractivity contribution in [2.24, 2.45) is 0 Å². The molecule has 0 heterocycles. The quantitative estimate of drug-likeness (QED) is 0.857. The standard InChI is InChI=1S/C19H22FN/c1-13-9-10-17(12-18(13)20)19(21-2)16-8-4-7-15(11-16)14-5-3-6-14/h4,7-12,14,19,21H,3,5-6H2,1-2H3. The van der Waals surface area contributed by atoms with Crippen LogP contribution in [-0.2, 0) is 0 Å². The van der Waals surface area contributed by atoms with E-state index in [4.69, 9.17) is 0 Å². The zero-order chi connectivity index (χ0) is 14.8. The largest absolute Gasteiger partial charge is 0.309 e. The van der Waals surface area contributed by atoms with Crippen LogP contribution < -0.4 is 5.32 Å². The number of hydrogen-bond acceptors (Lipinski definition) is 1. The van der Waals surface area contributed by atoms with Gasteiger partial charge in [0.15, 0.2) is 0 Å². The Bertz CT molecular complexity index is 631. The minimum atomic E-state index is -0.136. The van der Waals surface area contributed by atoms with Crippen molar-refractivity contribution in [3.63, 3.8) is 0 Å². The van der Waals surface area contributed by atoms with Crippen LogP contribution in [0.3, 0.4) is 0 Å². The van der Waals surface area contributed by atoms with Crippen molar-refractivity contribution in [1.29, 1.82) is 0 Å². The van der Waals surface area contributed by atoms with Gasteiger partial charge >= 0.3 is 0 Å². The highest BCUT2D eigenvalue weighted by Gasteiger charge is 2.21. The Morgan fingerprint density at radius 2 is 1.86 bits per heavy atom. The summed E-state index contributed by atoms with van der Waals surface area (Å²) in [5.41, 5.74) is 4.31. The summed E-state index contributed by atoms with van der Waals surface area (Å²) in [6.07, 6.45) is 3.94. The number of halogens is 1. The maximum absolute atomic E-state index is 13.8. The Kier molecular flexibility index (Phi) is 4.07. The zero-order valence-corrected chi connectivity index (χ0v) is 12.7. The molecular weight excluding hydrogens is 261 g/mol. The Morgan fingerprint density at radius 1 is 1.10 bits per heavy atom. The van der Waals surface area contributed by atoms with Gasteiger partial charge < -0.3 is 5.32 Å². The van der Waals surface area contributed by atoms with Gasteiger partial charge in [-0.25, -0.2) is 4.39 Å². The maximum atomic E-state index is 13.8. The topological polar surface area (TPSA) is 12.0 Å². The normalized spacial score (nSPS) is 16.5. The van der Waals surface area contributed by atoms with Gasteiger partial charge in [-0.2, -0.15) is 0 Å². The first-order valence-corrected chi connectivity index (χ1v) is 7.72.